The summed E-state index contributed by atoms with van der Waals surface area (Å²) in [5.74, 6) is 0.795. The van der Waals surface area contributed by atoms with Crippen LogP contribution in [0.4, 0.5) is 5.95 Å². The largest absolute Gasteiger partial charge is 0.340 e. The van der Waals surface area contributed by atoms with Gasteiger partial charge in [0.15, 0.2) is 0 Å². The third kappa shape index (κ3) is 3.20. The van der Waals surface area contributed by atoms with Crippen molar-refractivity contribution in [3.8, 4) is 11.3 Å². The molecular formula is C19H20N6. The number of pyridine rings is 1. The third-order valence-electron chi connectivity index (χ3n) is 4.62. The van der Waals surface area contributed by atoms with Crippen molar-refractivity contribution in [1.82, 2.24) is 24.9 Å². The van der Waals surface area contributed by atoms with Gasteiger partial charge in [-0.1, -0.05) is 6.92 Å². The van der Waals surface area contributed by atoms with Crippen molar-refractivity contribution in [2.24, 2.45) is 0 Å². The Labute approximate surface area is 147 Å². The van der Waals surface area contributed by atoms with E-state index in [1.54, 1.807) is 18.7 Å². The van der Waals surface area contributed by atoms with E-state index in [4.69, 9.17) is 0 Å². The summed E-state index contributed by atoms with van der Waals surface area (Å²) in [4.78, 5) is 24.5. The van der Waals surface area contributed by atoms with Gasteiger partial charge in [-0.2, -0.15) is 0 Å². The van der Waals surface area contributed by atoms with Crippen LogP contribution >= 0.6 is 0 Å². The van der Waals surface area contributed by atoms with E-state index < -0.39 is 0 Å². The lowest BCUT2D eigenvalue weighted by atomic mass is 10.0. The fourth-order valence-corrected chi connectivity index (χ4v) is 3.18. The molecule has 0 bridgehead atoms. The lowest BCUT2D eigenvalue weighted by molar-refractivity contribution is 0.767. The van der Waals surface area contributed by atoms with Gasteiger partial charge in [-0.25, -0.2) is 19.9 Å². The summed E-state index contributed by atoms with van der Waals surface area (Å²) in [6, 6.07) is 4.00. The van der Waals surface area contributed by atoms with Gasteiger partial charge in [-0.15, -0.1) is 0 Å². The molecule has 6 heteroatoms. The number of rotatable bonds is 3. The van der Waals surface area contributed by atoms with Gasteiger partial charge in [-0.3, -0.25) is 4.98 Å². The molecular weight excluding hydrogens is 312 g/mol. The van der Waals surface area contributed by atoms with E-state index in [1.807, 2.05) is 24.5 Å². The van der Waals surface area contributed by atoms with Crippen molar-refractivity contribution >= 4 is 5.95 Å². The van der Waals surface area contributed by atoms with Crippen LogP contribution in [0.15, 0.2) is 43.2 Å². The molecule has 0 atom stereocenters. The monoisotopic (exact) mass is 332 g/mol. The van der Waals surface area contributed by atoms with Gasteiger partial charge in [0.05, 0.1) is 5.69 Å². The minimum Gasteiger partial charge on any atom is -0.340 e. The molecule has 25 heavy (non-hydrogen) atoms. The SMILES string of the molecule is CCc1cnc(N2CCc3ncnc(-c4ccncc4)c3CC2)nc1. The van der Waals surface area contributed by atoms with Crippen LogP contribution < -0.4 is 4.90 Å². The second-order valence-corrected chi connectivity index (χ2v) is 6.12. The fraction of sp³-hybridized carbons (Fsp3) is 0.316. The topological polar surface area (TPSA) is 67.7 Å². The van der Waals surface area contributed by atoms with Crippen LogP contribution in [-0.4, -0.2) is 38.0 Å². The molecule has 3 aromatic rings. The molecule has 126 valence electrons. The molecule has 6 nitrogen and oxygen atoms in total. The predicted molar refractivity (Wildman–Crippen MR) is 96.3 cm³/mol. The van der Waals surface area contributed by atoms with Crippen molar-refractivity contribution in [1.29, 1.82) is 0 Å². The first-order valence-corrected chi connectivity index (χ1v) is 8.64. The van der Waals surface area contributed by atoms with Crippen molar-refractivity contribution in [3.63, 3.8) is 0 Å². The second kappa shape index (κ2) is 6.93. The highest BCUT2D eigenvalue weighted by Gasteiger charge is 2.20. The lowest BCUT2D eigenvalue weighted by Gasteiger charge is -2.19. The number of hydrogen-bond donors (Lipinski definition) is 0. The summed E-state index contributed by atoms with van der Waals surface area (Å²) in [6.07, 6.45) is 11.8. The molecule has 0 amide bonds. The maximum absolute atomic E-state index is 4.54. The molecule has 0 spiro atoms. The predicted octanol–water partition coefficient (Wildman–Crippen LogP) is 2.50. The summed E-state index contributed by atoms with van der Waals surface area (Å²) in [5.41, 5.74) is 5.60. The minimum atomic E-state index is 0.795. The van der Waals surface area contributed by atoms with E-state index in [-0.39, 0.29) is 0 Å². The maximum Gasteiger partial charge on any atom is 0.225 e. The van der Waals surface area contributed by atoms with Crippen LogP contribution in [0.5, 0.6) is 0 Å². The Balaban J connectivity index is 1.61. The Hall–Kier alpha value is -2.89. The zero-order valence-electron chi connectivity index (χ0n) is 14.3. The van der Waals surface area contributed by atoms with Gasteiger partial charge >= 0.3 is 0 Å². The first-order chi connectivity index (χ1) is 12.3. The zero-order chi connectivity index (χ0) is 17.1. The number of aromatic nitrogens is 5. The Morgan fingerprint density at radius 1 is 0.960 bits per heavy atom. The van der Waals surface area contributed by atoms with Crippen molar-refractivity contribution in [2.45, 2.75) is 26.2 Å². The van der Waals surface area contributed by atoms with Crippen molar-refractivity contribution < 1.29 is 0 Å². The highest BCUT2D eigenvalue weighted by atomic mass is 15.2. The molecule has 1 aliphatic rings. The average molecular weight is 332 g/mol. The molecule has 1 aliphatic heterocycles. The van der Waals surface area contributed by atoms with E-state index in [9.17, 15) is 0 Å². The summed E-state index contributed by atoms with van der Waals surface area (Å²) < 4.78 is 0. The van der Waals surface area contributed by atoms with Crippen LogP contribution in [0.3, 0.4) is 0 Å². The molecule has 0 aromatic carbocycles. The Morgan fingerprint density at radius 3 is 2.48 bits per heavy atom. The molecule has 0 aliphatic carbocycles. The fourth-order valence-electron chi connectivity index (χ4n) is 3.18. The van der Waals surface area contributed by atoms with Crippen molar-refractivity contribution in [2.75, 3.05) is 18.0 Å². The number of aryl methyl sites for hydroxylation is 1. The molecule has 0 saturated heterocycles. The Morgan fingerprint density at radius 2 is 1.72 bits per heavy atom. The van der Waals surface area contributed by atoms with Crippen LogP contribution in [0, 0.1) is 0 Å². The van der Waals surface area contributed by atoms with Gasteiger partial charge in [0.25, 0.3) is 0 Å². The molecule has 0 radical (unpaired) electrons. The number of hydrogen-bond acceptors (Lipinski definition) is 6. The van der Waals surface area contributed by atoms with E-state index in [2.05, 4.69) is 36.7 Å². The minimum absolute atomic E-state index is 0.795. The van der Waals surface area contributed by atoms with Gasteiger partial charge < -0.3 is 4.90 Å². The summed E-state index contributed by atoms with van der Waals surface area (Å²) >= 11 is 0. The third-order valence-corrected chi connectivity index (χ3v) is 4.62. The van der Waals surface area contributed by atoms with Crippen LogP contribution in [0.2, 0.25) is 0 Å². The molecule has 4 heterocycles. The average Bonchev–Trinajstić information content (AvgIpc) is 2.91. The van der Waals surface area contributed by atoms with Gasteiger partial charge in [-0.05, 0) is 30.5 Å². The molecule has 0 saturated carbocycles. The summed E-state index contributed by atoms with van der Waals surface area (Å²) in [6.45, 7) is 3.84. The first-order valence-electron chi connectivity index (χ1n) is 8.64. The van der Waals surface area contributed by atoms with Gasteiger partial charge in [0, 0.05) is 61.1 Å². The standard InChI is InChI=1S/C19H20N6/c1-2-14-11-21-19(22-12-14)25-9-5-16-17(6-10-25)23-13-24-18(16)15-3-7-20-8-4-15/h3-4,7-8,11-13H,2,5-6,9-10H2,1H3. The maximum atomic E-state index is 4.54. The number of fused-ring (bicyclic) bond motifs is 1. The summed E-state index contributed by atoms with van der Waals surface area (Å²) in [5, 5.41) is 0. The quantitative estimate of drug-likeness (QED) is 0.734. The van der Waals surface area contributed by atoms with Crippen LogP contribution in [0.1, 0.15) is 23.7 Å². The van der Waals surface area contributed by atoms with E-state index >= 15 is 0 Å². The normalized spacial score (nSPS) is 14.0. The van der Waals surface area contributed by atoms with Crippen molar-refractivity contribution in [3.05, 3.63) is 60.1 Å². The summed E-state index contributed by atoms with van der Waals surface area (Å²) in [7, 11) is 0. The molecule has 0 unspecified atom stereocenters. The highest BCUT2D eigenvalue weighted by molar-refractivity contribution is 5.63. The van der Waals surface area contributed by atoms with E-state index in [1.165, 1.54) is 5.56 Å². The molecule has 4 rings (SSSR count). The Bertz CT molecular complexity index is 848. The number of anilines is 1. The van der Waals surface area contributed by atoms with Crippen LogP contribution in [-0.2, 0) is 19.3 Å². The van der Waals surface area contributed by atoms with Crippen LogP contribution in [0.25, 0.3) is 11.3 Å². The highest BCUT2D eigenvalue weighted by Crippen LogP contribution is 2.26. The lowest BCUT2D eigenvalue weighted by Crippen LogP contribution is -2.27. The first kappa shape index (κ1) is 15.6. The smallest absolute Gasteiger partial charge is 0.225 e. The van der Waals surface area contributed by atoms with Gasteiger partial charge in [0.1, 0.15) is 6.33 Å². The van der Waals surface area contributed by atoms with E-state index in [0.29, 0.717) is 0 Å². The molecule has 0 fully saturated rings. The Kier molecular flexibility index (Phi) is 4.33. The van der Waals surface area contributed by atoms with Gasteiger partial charge in [0.2, 0.25) is 5.95 Å². The molecule has 3 aromatic heterocycles. The zero-order valence-corrected chi connectivity index (χ0v) is 14.3. The second-order valence-electron chi connectivity index (χ2n) is 6.12. The number of nitrogens with zero attached hydrogens (tertiary/aromatic N) is 6. The molecule has 0 N–H and O–H groups in total. The van der Waals surface area contributed by atoms with E-state index in [0.717, 1.165) is 60.8 Å².